The number of likely N-dealkylation sites (N-methyl/N-ethyl adjacent to an activating group) is 2. The first-order chi connectivity index (χ1) is 5.31. The van der Waals surface area contributed by atoms with Gasteiger partial charge in [0.1, 0.15) is 0 Å². The summed E-state index contributed by atoms with van der Waals surface area (Å²) in [5.41, 5.74) is 0. The fraction of sp³-hybridized carbons (Fsp3) is 0.667. The van der Waals surface area contributed by atoms with Crippen LogP contribution in [0, 0.1) is 7.05 Å². The second kappa shape index (κ2) is 7.76. The molecule has 1 N–H and O–H groups in total. The molecule has 0 saturated heterocycles. The van der Waals surface area contributed by atoms with E-state index in [9.17, 15) is 0 Å². The van der Waals surface area contributed by atoms with Crippen molar-refractivity contribution in [3.05, 3.63) is 19.2 Å². The first kappa shape index (κ1) is 10.7. The number of hydrogen-bond acceptors (Lipinski definition) is 2. The highest BCUT2D eigenvalue weighted by atomic mass is 15.1. The third-order valence-electron chi connectivity index (χ3n) is 1.49. The van der Waals surface area contributed by atoms with Crippen molar-refractivity contribution in [2.75, 3.05) is 26.2 Å². The highest BCUT2D eigenvalue weighted by Gasteiger charge is 1.79. The highest BCUT2D eigenvalue weighted by Crippen LogP contribution is 1.83. The number of nitrogens with one attached hydrogen (secondary N) is 1. The zero-order chi connectivity index (χ0) is 8.53. The van der Waals surface area contributed by atoms with E-state index in [1.807, 2.05) is 4.90 Å². The van der Waals surface area contributed by atoms with Crippen LogP contribution in [0.15, 0.2) is 12.2 Å². The van der Waals surface area contributed by atoms with E-state index in [0.29, 0.717) is 0 Å². The van der Waals surface area contributed by atoms with Crippen molar-refractivity contribution in [3.8, 4) is 0 Å². The quantitative estimate of drug-likeness (QED) is 0.353. The van der Waals surface area contributed by atoms with Gasteiger partial charge in [0.15, 0.2) is 0 Å². The van der Waals surface area contributed by atoms with Gasteiger partial charge < -0.3 is 10.2 Å². The topological polar surface area (TPSA) is 15.3 Å². The van der Waals surface area contributed by atoms with Crippen molar-refractivity contribution in [1.29, 1.82) is 0 Å². The van der Waals surface area contributed by atoms with Crippen LogP contribution in [0.25, 0.3) is 0 Å². The first-order valence-electron chi connectivity index (χ1n) is 4.22. The van der Waals surface area contributed by atoms with Gasteiger partial charge in [0.2, 0.25) is 0 Å². The van der Waals surface area contributed by atoms with Crippen LogP contribution in [0.1, 0.15) is 13.8 Å². The molecule has 0 aliphatic rings. The Morgan fingerprint density at radius 2 is 2.09 bits per heavy atom. The minimum Gasteiger partial charge on any atom is -0.456 e. The molecule has 0 spiro atoms. The molecule has 66 valence electrons. The molecule has 0 aromatic carbocycles. The first-order valence-corrected chi connectivity index (χ1v) is 4.22. The van der Waals surface area contributed by atoms with Gasteiger partial charge in [-0.1, -0.05) is 26.0 Å². The molecule has 0 aliphatic heterocycles. The van der Waals surface area contributed by atoms with Crippen molar-refractivity contribution >= 4 is 0 Å². The van der Waals surface area contributed by atoms with Crippen molar-refractivity contribution in [3.63, 3.8) is 0 Å². The molecule has 0 saturated carbocycles. The average Bonchev–Trinajstić information content (AvgIpc) is 2.04. The maximum absolute atomic E-state index is 3.84. The zero-order valence-electron chi connectivity index (χ0n) is 7.64. The third kappa shape index (κ3) is 7.56. The highest BCUT2D eigenvalue weighted by molar-refractivity contribution is 4.86. The minimum absolute atomic E-state index is 0.946. The monoisotopic (exact) mass is 155 g/mol. The van der Waals surface area contributed by atoms with Gasteiger partial charge in [-0.3, -0.25) is 7.05 Å². The van der Waals surface area contributed by atoms with Crippen LogP contribution in [0.2, 0.25) is 0 Å². The fourth-order valence-electron chi connectivity index (χ4n) is 0.664. The number of nitrogens with zero attached hydrogens (tertiary/aromatic N) is 1. The van der Waals surface area contributed by atoms with E-state index in [0.717, 1.165) is 26.2 Å². The van der Waals surface area contributed by atoms with Gasteiger partial charge in [0.05, 0.1) is 0 Å². The van der Waals surface area contributed by atoms with Crippen LogP contribution in [-0.4, -0.2) is 31.1 Å². The van der Waals surface area contributed by atoms with E-state index >= 15 is 0 Å². The molecule has 0 aromatic rings. The molecule has 0 aromatic heterocycles. The molecule has 0 heterocycles. The van der Waals surface area contributed by atoms with Crippen LogP contribution in [0.5, 0.6) is 0 Å². The number of rotatable bonds is 6. The smallest absolute Gasteiger partial charge is 0.0135 e. The Labute approximate surface area is 70.3 Å². The van der Waals surface area contributed by atoms with Gasteiger partial charge in [-0.25, -0.2) is 0 Å². The maximum Gasteiger partial charge on any atom is 0.0135 e. The van der Waals surface area contributed by atoms with E-state index in [1.54, 1.807) is 0 Å². The summed E-state index contributed by atoms with van der Waals surface area (Å²) < 4.78 is 0. The lowest BCUT2D eigenvalue weighted by Gasteiger charge is -2.19. The van der Waals surface area contributed by atoms with E-state index in [4.69, 9.17) is 0 Å². The maximum atomic E-state index is 3.84. The Morgan fingerprint density at radius 1 is 1.36 bits per heavy atom. The van der Waals surface area contributed by atoms with Crippen molar-refractivity contribution in [2.24, 2.45) is 0 Å². The lowest BCUT2D eigenvalue weighted by Crippen LogP contribution is -2.15. The molecule has 2 nitrogen and oxygen atoms in total. The summed E-state index contributed by atoms with van der Waals surface area (Å²) in [5.74, 6) is 0. The standard InChI is InChI=1S/C9H19N2/c1-4-10-8-6-7-9-11(3)5-2/h6-7,10H,3-5,8-9H2,1-2H3/q-1. The summed E-state index contributed by atoms with van der Waals surface area (Å²) in [5, 5.41) is 3.21. The van der Waals surface area contributed by atoms with E-state index < -0.39 is 0 Å². The van der Waals surface area contributed by atoms with Crippen molar-refractivity contribution in [1.82, 2.24) is 10.2 Å². The zero-order valence-corrected chi connectivity index (χ0v) is 7.64. The minimum atomic E-state index is 0.946. The molecule has 0 fully saturated rings. The SMILES string of the molecule is [CH2-]N(CC)CC=CCNCC. The van der Waals surface area contributed by atoms with E-state index in [-0.39, 0.29) is 0 Å². The summed E-state index contributed by atoms with van der Waals surface area (Å²) in [6.07, 6.45) is 4.27. The molecular weight excluding hydrogens is 136 g/mol. The second-order valence-corrected chi connectivity index (χ2v) is 2.45. The van der Waals surface area contributed by atoms with E-state index in [2.05, 4.69) is 38.4 Å². The summed E-state index contributed by atoms with van der Waals surface area (Å²) in [6.45, 7) is 8.16. The molecule has 0 atom stereocenters. The number of hydrogen-bond donors (Lipinski definition) is 1. The Morgan fingerprint density at radius 3 is 2.64 bits per heavy atom. The van der Waals surface area contributed by atoms with Gasteiger partial charge in [-0.2, -0.15) is 0 Å². The van der Waals surface area contributed by atoms with Gasteiger partial charge >= 0.3 is 0 Å². The fourth-order valence-corrected chi connectivity index (χ4v) is 0.664. The van der Waals surface area contributed by atoms with Crippen molar-refractivity contribution < 1.29 is 0 Å². The predicted molar refractivity (Wildman–Crippen MR) is 50.3 cm³/mol. The van der Waals surface area contributed by atoms with Gasteiger partial charge in [-0.15, -0.1) is 0 Å². The summed E-state index contributed by atoms with van der Waals surface area (Å²) in [4.78, 5) is 2.02. The Hall–Kier alpha value is -0.340. The summed E-state index contributed by atoms with van der Waals surface area (Å²) >= 11 is 0. The third-order valence-corrected chi connectivity index (χ3v) is 1.49. The lowest BCUT2D eigenvalue weighted by molar-refractivity contribution is 0.433. The lowest BCUT2D eigenvalue weighted by atomic mass is 10.4. The van der Waals surface area contributed by atoms with Crippen LogP contribution < -0.4 is 5.32 Å². The van der Waals surface area contributed by atoms with Crippen LogP contribution in [0.4, 0.5) is 0 Å². The second-order valence-electron chi connectivity index (χ2n) is 2.45. The molecule has 11 heavy (non-hydrogen) atoms. The largest absolute Gasteiger partial charge is 0.456 e. The molecule has 0 unspecified atom stereocenters. The molecule has 2 heteroatoms. The Bertz CT molecular complexity index is 99.7. The molecular formula is C9H19N2-. The molecule has 0 radical (unpaired) electrons. The van der Waals surface area contributed by atoms with Gasteiger partial charge in [0, 0.05) is 6.54 Å². The summed E-state index contributed by atoms with van der Waals surface area (Å²) in [7, 11) is 3.84. The van der Waals surface area contributed by atoms with Crippen LogP contribution >= 0.6 is 0 Å². The normalized spacial score (nSPS) is 11.6. The van der Waals surface area contributed by atoms with E-state index in [1.165, 1.54) is 0 Å². The Balaban J connectivity index is 3.15. The molecule has 0 bridgehead atoms. The van der Waals surface area contributed by atoms with Gasteiger partial charge in [0.25, 0.3) is 0 Å². The molecule has 0 aliphatic carbocycles. The molecule has 0 rings (SSSR count). The average molecular weight is 155 g/mol. The van der Waals surface area contributed by atoms with Crippen LogP contribution in [0.3, 0.4) is 0 Å². The summed E-state index contributed by atoms with van der Waals surface area (Å²) in [6, 6.07) is 0. The van der Waals surface area contributed by atoms with Crippen LogP contribution in [-0.2, 0) is 0 Å². The molecule has 0 amide bonds. The predicted octanol–water partition coefficient (Wildman–Crippen LogP) is 1.27. The Kier molecular flexibility index (Phi) is 7.52. The van der Waals surface area contributed by atoms with Gasteiger partial charge in [-0.05, 0) is 19.6 Å². The van der Waals surface area contributed by atoms with Crippen molar-refractivity contribution in [2.45, 2.75) is 13.8 Å².